The van der Waals surface area contributed by atoms with Gasteiger partial charge in [0.25, 0.3) is 5.91 Å². The number of aromatic carboxylic acids is 1. The van der Waals surface area contributed by atoms with E-state index in [4.69, 9.17) is 14.2 Å². The van der Waals surface area contributed by atoms with Crippen LogP contribution in [0.25, 0.3) is 0 Å². The lowest BCUT2D eigenvalue weighted by Crippen LogP contribution is -2.39. The Balaban J connectivity index is 1.12. The molecule has 0 spiro atoms. The third-order valence-corrected chi connectivity index (χ3v) is 8.26. The highest BCUT2D eigenvalue weighted by atomic mass is 79.9. The Bertz CT molecular complexity index is 1700. The highest BCUT2D eigenvalue weighted by molar-refractivity contribution is 9.10. The molecule has 10 heteroatoms. The summed E-state index contributed by atoms with van der Waals surface area (Å²) in [7, 11) is 1.57. The number of carbonyl (C=O) groups is 3. The Labute approximate surface area is 276 Å². The molecule has 3 N–H and O–H groups in total. The fourth-order valence-electron chi connectivity index (χ4n) is 5.29. The lowest BCUT2D eigenvalue weighted by molar-refractivity contribution is -0.115. The van der Waals surface area contributed by atoms with Crippen LogP contribution in [0.1, 0.15) is 57.5 Å². The molecule has 0 atom stereocenters. The van der Waals surface area contributed by atoms with Crippen molar-refractivity contribution in [1.29, 1.82) is 0 Å². The Morgan fingerprint density at radius 3 is 2.22 bits per heavy atom. The van der Waals surface area contributed by atoms with E-state index in [2.05, 4.69) is 26.6 Å². The van der Waals surface area contributed by atoms with E-state index in [9.17, 15) is 19.5 Å². The summed E-state index contributed by atoms with van der Waals surface area (Å²) in [5.74, 6) is 0.755. The number of benzene rings is 4. The minimum Gasteiger partial charge on any atom is -0.493 e. The highest BCUT2D eigenvalue weighted by Crippen LogP contribution is 2.36. The number of carboxylic acid groups (broad SMARTS) is 1. The molecule has 1 fully saturated rings. The van der Waals surface area contributed by atoms with Gasteiger partial charge < -0.3 is 30.0 Å². The summed E-state index contributed by atoms with van der Waals surface area (Å²) in [6.45, 7) is 2.00. The average Bonchev–Trinajstić information content (AvgIpc) is 3.03. The maximum atomic E-state index is 12.6. The van der Waals surface area contributed by atoms with Crippen molar-refractivity contribution < 1.29 is 33.7 Å². The number of ether oxygens (including phenoxy) is 3. The van der Waals surface area contributed by atoms with Gasteiger partial charge in [0.2, 0.25) is 5.91 Å². The number of hydrogen-bond donors (Lipinski definition) is 3. The molecule has 0 bridgehead atoms. The quantitative estimate of drug-likeness (QED) is 0.149. The molecule has 4 aromatic rings. The zero-order chi connectivity index (χ0) is 32.6. The normalized spacial score (nSPS) is 15.8. The standard InChI is InChI=1S/C36H35BrN2O7/c1-22-3-7-24(8-4-22)35(41)38-26-10-14-27(15-11-26)45-29-16-18-32(33(21-29)44-2)46-28-12-5-23(6-13-28)19-34(40)39-31-20-25(37)9-17-30(31)36(42)43/h3-9,12-13,16-18,20-21,26-27H,10-11,14-15,19H2,1-2H3,(H,38,41)(H,39,40)(H,42,43). The number of rotatable bonds is 11. The topological polar surface area (TPSA) is 123 Å². The third-order valence-electron chi connectivity index (χ3n) is 7.76. The number of amides is 2. The zero-order valence-electron chi connectivity index (χ0n) is 25.5. The minimum absolute atomic E-state index is 0.0117. The van der Waals surface area contributed by atoms with Crippen LogP contribution in [-0.2, 0) is 11.2 Å². The van der Waals surface area contributed by atoms with Gasteiger partial charge in [-0.05, 0) is 92.8 Å². The van der Waals surface area contributed by atoms with Crippen molar-refractivity contribution in [2.75, 3.05) is 12.4 Å². The van der Waals surface area contributed by atoms with Gasteiger partial charge in [0, 0.05) is 22.1 Å². The van der Waals surface area contributed by atoms with E-state index < -0.39 is 5.97 Å². The fourth-order valence-corrected chi connectivity index (χ4v) is 5.65. The van der Waals surface area contributed by atoms with E-state index in [1.165, 1.54) is 6.07 Å². The summed E-state index contributed by atoms with van der Waals surface area (Å²) >= 11 is 3.30. The summed E-state index contributed by atoms with van der Waals surface area (Å²) in [4.78, 5) is 36.7. The highest BCUT2D eigenvalue weighted by Gasteiger charge is 2.24. The van der Waals surface area contributed by atoms with Crippen LogP contribution in [0, 0.1) is 6.92 Å². The van der Waals surface area contributed by atoms with Crippen molar-refractivity contribution in [3.63, 3.8) is 0 Å². The number of aryl methyl sites for hydroxylation is 1. The lowest BCUT2D eigenvalue weighted by Gasteiger charge is -2.29. The predicted octanol–water partition coefficient (Wildman–Crippen LogP) is 7.56. The summed E-state index contributed by atoms with van der Waals surface area (Å²) < 4.78 is 18.5. The van der Waals surface area contributed by atoms with Crippen LogP contribution in [0.5, 0.6) is 23.0 Å². The van der Waals surface area contributed by atoms with Gasteiger partial charge in [-0.1, -0.05) is 45.8 Å². The van der Waals surface area contributed by atoms with Gasteiger partial charge in [-0.15, -0.1) is 0 Å². The molecule has 1 aliphatic rings. The van der Waals surface area contributed by atoms with Crippen LogP contribution in [0.3, 0.4) is 0 Å². The predicted molar refractivity (Wildman–Crippen MR) is 178 cm³/mol. The molecule has 1 saturated carbocycles. The number of anilines is 1. The lowest BCUT2D eigenvalue weighted by atomic mass is 9.92. The number of halogens is 1. The van der Waals surface area contributed by atoms with Gasteiger partial charge in [0.05, 0.1) is 30.9 Å². The van der Waals surface area contributed by atoms with Crippen LogP contribution in [-0.4, -0.2) is 42.1 Å². The largest absolute Gasteiger partial charge is 0.493 e. The van der Waals surface area contributed by atoms with Gasteiger partial charge >= 0.3 is 5.97 Å². The maximum absolute atomic E-state index is 12.6. The summed E-state index contributed by atoms with van der Waals surface area (Å²) in [6.07, 6.45) is 3.42. The van der Waals surface area contributed by atoms with Gasteiger partial charge in [-0.2, -0.15) is 0 Å². The monoisotopic (exact) mass is 686 g/mol. The van der Waals surface area contributed by atoms with Crippen LogP contribution < -0.4 is 24.8 Å². The Kier molecular flexibility index (Phi) is 10.6. The van der Waals surface area contributed by atoms with Crippen molar-refractivity contribution in [2.24, 2.45) is 0 Å². The second-order valence-electron chi connectivity index (χ2n) is 11.2. The minimum atomic E-state index is -1.12. The molecule has 5 rings (SSSR count). The molecular formula is C36H35BrN2O7. The van der Waals surface area contributed by atoms with Gasteiger partial charge in [-0.3, -0.25) is 9.59 Å². The smallest absolute Gasteiger partial charge is 0.337 e. The first-order valence-electron chi connectivity index (χ1n) is 15.0. The van der Waals surface area contributed by atoms with Crippen molar-refractivity contribution in [1.82, 2.24) is 5.32 Å². The molecule has 4 aromatic carbocycles. The van der Waals surface area contributed by atoms with Crippen LogP contribution in [0.2, 0.25) is 0 Å². The van der Waals surface area contributed by atoms with Crippen molar-refractivity contribution in [3.8, 4) is 23.0 Å². The van der Waals surface area contributed by atoms with Crippen molar-refractivity contribution >= 4 is 39.4 Å². The van der Waals surface area contributed by atoms with E-state index >= 15 is 0 Å². The Morgan fingerprint density at radius 2 is 1.54 bits per heavy atom. The first kappa shape index (κ1) is 32.6. The van der Waals surface area contributed by atoms with Gasteiger partial charge in [0.15, 0.2) is 11.5 Å². The van der Waals surface area contributed by atoms with Crippen LogP contribution in [0.4, 0.5) is 5.69 Å². The summed E-state index contributed by atoms with van der Waals surface area (Å²) in [6, 6.07) is 24.8. The van der Waals surface area contributed by atoms with Crippen LogP contribution in [0.15, 0.2) is 89.4 Å². The summed E-state index contributed by atoms with van der Waals surface area (Å²) in [5.41, 5.74) is 2.76. The van der Waals surface area contributed by atoms with Gasteiger partial charge in [0.1, 0.15) is 11.5 Å². The molecule has 0 unspecified atom stereocenters. The molecule has 2 amide bonds. The fraction of sp³-hybridized carbons (Fsp3) is 0.250. The molecule has 0 heterocycles. The average molecular weight is 688 g/mol. The van der Waals surface area contributed by atoms with Crippen molar-refractivity contribution in [3.05, 3.63) is 112 Å². The number of nitrogens with one attached hydrogen (secondary N) is 2. The number of carboxylic acids is 1. The first-order valence-corrected chi connectivity index (χ1v) is 15.8. The molecule has 1 aliphatic carbocycles. The molecule has 238 valence electrons. The van der Waals surface area contributed by atoms with E-state index in [-0.39, 0.29) is 41.6 Å². The van der Waals surface area contributed by atoms with E-state index in [1.807, 2.05) is 37.3 Å². The zero-order valence-corrected chi connectivity index (χ0v) is 27.1. The second-order valence-corrected chi connectivity index (χ2v) is 12.1. The molecule has 46 heavy (non-hydrogen) atoms. The molecule has 9 nitrogen and oxygen atoms in total. The molecule has 0 aromatic heterocycles. The Morgan fingerprint density at radius 1 is 0.848 bits per heavy atom. The first-order chi connectivity index (χ1) is 22.2. The van der Waals surface area contributed by atoms with E-state index in [0.29, 0.717) is 33.0 Å². The molecular weight excluding hydrogens is 652 g/mol. The van der Waals surface area contributed by atoms with Crippen molar-refractivity contribution in [2.45, 2.75) is 51.2 Å². The van der Waals surface area contributed by atoms with E-state index in [0.717, 1.165) is 36.8 Å². The number of carbonyl (C=O) groups excluding carboxylic acids is 2. The van der Waals surface area contributed by atoms with Gasteiger partial charge in [-0.25, -0.2) is 4.79 Å². The molecule has 0 radical (unpaired) electrons. The molecule has 0 aliphatic heterocycles. The number of hydrogen-bond acceptors (Lipinski definition) is 6. The Hall–Kier alpha value is -4.83. The summed E-state index contributed by atoms with van der Waals surface area (Å²) in [5, 5.41) is 15.2. The number of methoxy groups -OCH3 is 1. The maximum Gasteiger partial charge on any atom is 0.337 e. The molecule has 0 saturated heterocycles. The van der Waals surface area contributed by atoms with E-state index in [1.54, 1.807) is 55.6 Å². The second kappa shape index (κ2) is 15.0. The SMILES string of the molecule is COc1cc(OC2CCC(NC(=O)c3ccc(C)cc3)CC2)ccc1Oc1ccc(CC(=O)Nc2cc(Br)ccc2C(=O)O)cc1. The third kappa shape index (κ3) is 8.66. The van der Waals surface area contributed by atoms with Crippen LogP contribution >= 0.6 is 15.9 Å².